The number of carbonyl (C=O) groups is 1. The van der Waals surface area contributed by atoms with Gasteiger partial charge in [-0.05, 0) is 37.3 Å². The second-order valence-electron chi connectivity index (χ2n) is 5.77. The van der Waals surface area contributed by atoms with Crippen LogP contribution in [0.5, 0.6) is 0 Å². The zero-order valence-corrected chi connectivity index (χ0v) is 14.2. The van der Waals surface area contributed by atoms with E-state index in [-0.39, 0.29) is 0 Å². The van der Waals surface area contributed by atoms with Crippen LogP contribution in [0.25, 0.3) is 33.7 Å². The van der Waals surface area contributed by atoms with Crippen molar-refractivity contribution in [1.29, 1.82) is 0 Å². The summed E-state index contributed by atoms with van der Waals surface area (Å²) in [4.78, 5) is 25.2. The zero-order valence-electron chi connectivity index (χ0n) is 14.2. The molecule has 0 saturated carbocycles. The molecule has 7 heteroatoms. The number of nitrogens with one attached hydrogen (secondary N) is 1. The Morgan fingerprint density at radius 3 is 2.73 bits per heavy atom. The summed E-state index contributed by atoms with van der Waals surface area (Å²) in [6, 6.07) is 11.2. The Balaban J connectivity index is 1.83. The molecule has 7 nitrogen and oxygen atoms in total. The molecular weight excluding hydrogens is 330 g/mol. The van der Waals surface area contributed by atoms with Gasteiger partial charge < -0.3 is 4.74 Å². The van der Waals surface area contributed by atoms with Gasteiger partial charge in [0.15, 0.2) is 0 Å². The Hall–Kier alpha value is -3.61. The van der Waals surface area contributed by atoms with Crippen molar-refractivity contribution in [2.75, 3.05) is 7.11 Å². The van der Waals surface area contributed by atoms with Crippen LogP contribution in [0.4, 0.5) is 0 Å². The van der Waals surface area contributed by atoms with E-state index in [4.69, 9.17) is 4.74 Å². The number of nitrogens with zero attached hydrogens (tertiary/aromatic N) is 4. The van der Waals surface area contributed by atoms with E-state index in [1.165, 1.54) is 13.3 Å². The lowest BCUT2D eigenvalue weighted by atomic mass is 10.1. The van der Waals surface area contributed by atoms with Crippen molar-refractivity contribution in [3.63, 3.8) is 0 Å². The maximum atomic E-state index is 11.7. The van der Waals surface area contributed by atoms with Gasteiger partial charge in [-0.3, -0.25) is 15.1 Å². The highest BCUT2D eigenvalue weighted by Crippen LogP contribution is 2.29. The molecule has 4 aromatic heterocycles. The molecule has 4 aromatic rings. The molecule has 0 unspecified atom stereocenters. The van der Waals surface area contributed by atoms with Crippen LogP contribution in [0.15, 0.2) is 48.8 Å². The number of aromatic amines is 1. The maximum absolute atomic E-state index is 11.7. The Morgan fingerprint density at radius 2 is 1.92 bits per heavy atom. The van der Waals surface area contributed by atoms with Crippen molar-refractivity contribution in [3.05, 3.63) is 60.0 Å². The zero-order chi connectivity index (χ0) is 18.1. The van der Waals surface area contributed by atoms with Crippen molar-refractivity contribution in [2.24, 2.45) is 0 Å². The Morgan fingerprint density at radius 1 is 1.04 bits per heavy atom. The summed E-state index contributed by atoms with van der Waals surface area (Å²) >= 11 is 0. The summed E-state index contributed by atoms with van der Waals surface area (Å²) < 4.78 is 4.75. The van der Waals surface area contributed by atoms with Gasteiger partial charge in [-0.1, -0.05) is 6.07 Å². The Bertz CT molecular complexity index is 1120. The first kappa shape index (κ1) is 15.9. The number of pyridine rings is 3. The van der Waals surface area contributed by atoms with E-state index in [1.54, 1.807) is 12.3 Å². The van der Waals surface area contributed by atoms with Gasteiger partial charge in [0.05, 0.1) is 47.0 Å². The predicted octanol–water partition coefficient (Wildman–Crippen LogP) is 3.18. The van der Waals surface area contributed by atoms with E-state index in [1.807, 2.05) is 37.3 Å². The molecule has 0 spiro atoms. The number of carbonyl (C=O) groups excluding carboxylic acids is 1. The third-order valence-corrected chi connectivity index (χ3v) is 4.02. The first-order valence-electron chi connectivity index (χ1n) is 7.98. The lowest BCUT2D eigenvalue weighted by molar-refractivity contribution is 0.0600. The SMILES string of the molecule is COC(=O)c1cnc2ccc(-c3cn[nH]c3-c3cccc(C)n3)nc2c1. The minimum atomic E-state index is -0.445. The average Bonchev–Trinajstić information content (AvgIpc) is 3.16. The van der Waals surface area contributed by atoms with Crippen LogP contribution in [-0.2, 0) is 4.74 Å². The summed E-state index contributed by atoms with van der Waals surface area (Å²) in [5, 5.41) is 7.14. The fraction of sp³-hybridized carbons (Fsp3) is 0.105. The highest BCUT2D eigenvalue weighted by atomic mass is 16.5. The average molecular weight is 345 g/mol. The third-order valence-electron chi connectivity index (χ3n) is 4.02. The van der Waals surface area contributed by atoms with Crippen LogP contribution in [0.2, 0.25) is 0 Å². The standard InChI is InChI=1S/C19H15N5O2/c1-11-4-3-5-16(22-11)18-13(10-21-24-18)14-6-7-15-17(23-14)8-12(9-20-15)19(25)26-2/h3-10H,1-2H3,(H,21,24). The van der Waals surface area contributed by atoms with Crippen LogP contribution in [0.1, 0.15) is 16.1 Å². The maximum Gasteiger partial charge on any atom is 0.339 e. The molecule has 0 saturated heterocycles. The van der Waals surface area contributed by atoms with Gasteiger partial charge in [-0.2, -0.15) is 5.10 Å². The molecule has 4 heterocycles. The summed E-state index contributed by atoms with van der Waals surface area (Å²) in [6.45, 7) is 1.94. The Labute approximate surface area is 149 Å². The molecule has 0 fully saturated rings. The fourth-order valence-electron chi connectivity index (χ4n) is 2.74. The number of fused-ring (bicyclic) bond motifs is 1. The van der Waals surface area contributed by atoms with Gasteiger partial charge in [0.2, 0.25) is 0 Å². The van der Waals surface area contributed by atoms with E-state index in [0.717, 1.165) is 22.6 Å². The number of rotatable bonds is 3. The minimum absolute atomic E-state index is 0.359. The second kappa shape index (κ2) is 6.36. The molecule has 4 rings (SSSR count). The molecule has 26 heavy (non-hydrogen) atoms. The van der Waals surface area contributed by atoms with Crippen molar-refractivity contribution in [2.45, 2.75) is 6.92 Å². The molecule has 0 aliphatic heterocycles. The summed E-state index contributed by atoms with van der Waals surface area (Å²) in [5.41, 5.74) is 5.70. The number of hydrogen-bond acceptors (Lipinski definition) is 6. The number of ether oxygens (including phenoxy) is 1. The van der Waals surface area contributed by atoms with Crippen molar-refractivity contribution >= 4 is 17.0 Å². The van der Waals surface area contributed by atoms with E-state index in [9.17, 15) is 4.79 Å². The van der Waals surface area contributed by atoms with Crippen molar-refractivity contribution in [3.8, 4) is 22.6 Å². The number of aromatic nitrogens is 5. The first-order chi connectivity index (χ1) is 12.7. The highest BCUT2D eigenvalue weighted by Gasteiger charge is 2.14. The van der Waals surface area contributed by atoms with Crippen molar-refractivity contribution < 1.29 is 9.53 Å². The third kappa shape index (κ3) is 2.79. The van der Waals surface area contributed by atoms with Gasteiger partial charge in [0, 0.05) is 17.5 Å². The topological polar surface area (TPSA) is 93.7 Å². The largest absolute Gasteiger partial charge is 0.465 e. The minimum Gasteiger partial charge on any atom is -0.465 e. The van der Waals surface area contributed by atoms with Crippen LogP contribution >= 0.6 is 0 Å². The lowest BCUT2D eigenvalue weighted by Crippen LogP contribution is -2.02. The van der Waals surface area contributed by atoms with Gasteiger partial charge in [0.1, 0.15) is 0 Å². The molecule has 0 radical (unpaired) electrons. The number of methoxy groups -OCH3 is 1. The number of aryl methyl sites for hydroxylation is 1. The van der Waals surface area contributed by atoms with Crippen LogP contribution < -0.4 is 0 Å². The van der Waals surface area contributed by atoms with E-state index >= 15 is 0 Å². The van der Waals surface area contributed by atoms with E-state index in [0.29, 0.717) is 22.3 Å². The summed E-state index contributed by atoms with van der Waals surface area (Å²) in [5.74, 6) is -0.445. The van der Waals surface area contributed by atoms with Gasteiger partial charge in [-0.25, -0.2) is 9.78 Å². The Kier molecular flexibility index (Phi) is 3.89. The first-order valence-corrected chi connectivity index (χ1v) is 7.98. The van der Waals surface area contributed by atoms with Gasteiger partial charge in [0.25, 0.3) is 0 Å². The fourth-order valence-corrected chi connectivity index (χ4v) is 2.74. The molecule has 0 aromatic carbocycles. The van der Waals surface area contributed by atoms with Crippen molar-refractivity contribution in [1.82, 2.24) is 25.1 Å². The van der Waals surface area contributed by atoms with Gasteiger partial charge >= 0.3 is 5.97 Å². The summed E-state index contributed by atoms with van der Waals surface area (Å²) in [6.07, 6.45) is 3.20. The van der Waals surface area contributed by atoms with E-state index in [2.05, 4.69) is 25.1 Å². The number of H-pyrrole nitrogens is 1. The number of hydrogen-bond donors (Lipinski definition) is 1. The van der Waals surface area contributed by atoms with Crippen LogP contribution in [0.3, 0.4) is 0 Å². The van der Waals surface area contributed by atoms with E-state index < -0.39 is 5.97 Å². The molecule has 0 aliphatic rings. The smallest absolute Gasteiger partial charge is 0.339 e. The lowest BCUT2D eigenvalue weighted by Gasteiger charge is -2.06. The molecule has 0 bridgehead atoms. The molecular formula is C19H15N5O2. The number of esters is 1. The van der Waals surface area contributed by atoms with Crippen LogP contribution in [-0.4, -0.2) is 38.2 Å². The quantitative estimate of drug-likeness (QED) is 0.573. The highest BCUT2D eigenvalue weighted by molar-refractivity contribution is 5.93. The molecule has 128 valence electrons. The normalized spacial score (nSPS) is 10.8. The monoisotopic (exact) mass is 345 g/mol. The van der Waals surface area contributed by atoms with Crippen LogP contribution in [0, 0.1) is 6.92 Å². The second-order valence-corrected chi connectivity index (χ2v) is 5.77. The summed E-state index contributed by atoms with van der Waals surface area (Å²) in [7, 11) is 1.34. The molecule has 0 aliphatic carbocycles. The molecule has 0 amide bonds. The molecule has 1 N–H and O–H groups in total. The molecule has 0 atom stereocenters. The predicted molar refractivity (Wildman–Crippen MR) is 96.4 cm³/mol. The van der Waals surface area contributed by atoms with Gasteiger partial charge in [-0.15, -0.1) is 0 Å².